The van der Waals surface area contributed by atoms with E-state index in [2.05, 4.69) is 25.1 Å². The molecule has 3 nitrogen and oxygen atoms in total. The van der Waals surface area contributed by atoms with Gasteiger partial charge in [-0.3, -0.25) is 0 Å². The lowest BCUT2D eigenvalue weighted by atomic mass is 9.47. The highest BCUT2D eigenvalue weighted by Gasteiger charge is 2.59. The first-order chi connectivity index (χ1) is 11.4. The highest BCUT2D eigenvalue weighted by atomic mass is 16.4. The molecule has 0 aromatic heterocycles. The summed E-state index contributed by atoms with van der Waals surface area (Å²) in [4.78, 5) is 0. The molecule has 3 heteroatoms. The number of hydrogen-bond donors (Lipinski definition) is 2. The van der Waals surface area contributed by atoms with Crippen molar-refractivity contribution in [3.63, 3.8) is 0 Å². The van der Waals surface area contributed by atoms with Crippen LogP contribution in [0.25, 0.3) is 0 Å². The fraction of sp³-hybridized carbons (Fsp3) is 0.857. The Morgan fingerprint density at radius 1 is 1.12 bits per heavy atom. The Kier molecular flexibility index (Phi) is 3.87. The highest BCUT2D eigenvalue weighted by molar-refractivity contribution is 5.85. The summed E-state index contributed by atoms with van der Waals surface area (Å²) < 4.78 is 0. The fourth-order valence-electron chi connectivity index (χ4n) is 7.40. The van der Waals surface area contributed by atoms with Crippen LogP contribution in [0.2, 0.25) is 0 Å². The van der Waals surface area contributed by atoms with Crippen LogP contribution in [0.1, 0.15) is 72.1 Å². The third-order valence-corrected chi connectivity index (χ3v) is 8.74. The Balaban J connectivity index is 1.65. The van der Waals surface area contributed by atoms with E-state index in [9.17, 15) is 10.3 Å². The SMILES string of the molecule is C/C(=N\O)[C@H]1CCC2[C@@H]3CC=C4C[C@@H](O)CCC4(C)C3CC[C@@]21C. The molecule has 0 radical (unpaired) electrons. The molecule has 0 bridgehead atoms. The molecule has 3 unspecified atom stereocenters. The molecule has 24 heavy (non-hydrogen) atoms. The van der Waals surface area contributed by atoms with Crippen LogP contribution in [-0.2, 0) is 0 Å². The van der Waals surface area contributed by atoms with Gasteiger partial charge in [-0.25, -0.2) is 0 Å². The molecule has 4 aliphatic rings. The number of hydrogen-bond acceptors (Lipinski definition) is 3. The van der Waals surface area contributed by atoms with Gasteiger partial charge in [-0.2, -0.15) is 0 Å². The molecule has 0 heterocycles. The van der Waals surface area contributed by atoms with E-state index in [1.165, 1.54) is 32.1 Å². The molecule has 0 amide bonds. The molecule has 0 spiro atoms. The first kappa shape index (κ1) is 16.6. The molecule has 2 N–H and O–H groups in total. The lowest BCUT2D eigenvalue weighted by Crippen LogP contribution is -2.50. The molecule has 3 fully saturated rings. The van der Waals surface area contributed by atoms with Gasteiger partial charge in [0.05, 0.1) is 11.8 Å². The van der Waals surface area contributed by atoms with Crippen molar-refractivity contribution < 1.29 is 10.3 Å². The van der Waals surface area contributed by atoms with Gasteiger partial charge in [0.2, 0.25) is 0 Å². The van der Waals surface area contributed by atoms with Gasteiger partial charge in [-0.15, -0.1) is 0 Å². The van der Waals surface area contributed by atoms with Crippen molar-refractivity contribution in [2.75, 3.05) is 0 Å². The molecular weight excluding hydrogens is 298 g/mol. The van der Waals surface area contributed by atoms with Crippen LogP contribution in [-0.4, -0.2) is 22.1 Å². The fourth-order valence-corrected chi connectivity index (χ4v) is 7.40. The minimum Gasteiger partial charge on any atom is -0.411 e. The Morgan fingerprint density at radius 2 is 1.92 bits per heavy atom. The normalized spacial score (nSPS) is 51.4. The Bertz CT molecular complexity index is 582. The minimum absolute atomic E-state index is 0.117. The van der Waals surface area contributed by atoms with E-state index in [1.807, 2.05) is 6.92 Å². The number of aliphatic hydroxyl groups excluding tert-OH is 1. The number of fused-ring (bicyclic) bond motifs is 5. The van der Waals surface area contributed by atoms with Gasteiger partial charge in [0.25, 0.3) is 0 Å². The van der Waals surface area contributed by atoms with E-state index < -0.39 is 0 Å². The first-order valence-electron chi connectivity index (χ1n) is 9.96. The smallest absolute Gasteiger partial charge is 0.0577 e. The second-order valence-corrected chi connectivity index (χ2v) is 9.57. The van der Waals surface area contributed by atoms with E-state index in [0.29, 0.717) is 16.7 Å². The lowest BCUT2D eigenvalue weighted by Gasteiger charge is -2.58. The molecule has 0 aliphatic heterocycles. The van der Waals surface area contributed by atoms with Crippen molar-refractivity contribution in [3.05, 3.63) is 11.6 Å². The zero-order chi connectivity index (χ0) is 17.1. The molecule has 7 atom stereocenters. The van der Waals surface area contributed by atoms with Crippen LogP contribution < -0.4 is 0 Å². The van der Waals surface area contributed by atoms with E-state index in [1.54, 1.807) is 5.57 Å². The summed E-state index contributed by atoms with van der Waals surface area (Å²) in [5, 5.41) is 23.0. The predicted octanol–water partition coefficient (Wildman–Crippen LogP) is 4.78. The second-order valence-electron chi connectivity index (χ2n) is 9.57. The summed E-state index contributed by atoms with van der Waals surface area (Å²) in [6.07, 6.45) is 11.7. The topological polar surface area (TPSA) is 52.8 Å². The van der Waals surface area contributed by atoms with E-state index in [0.717, 1.165) is 42.7 Å². The van der Waals surface area contributed by atoms with Crippen molar-refractivity contribution in [1.29, 1.82) is 0 Å². The summed E-state index contributed by atoms with van der Waals surface area (Å²) >= 11 is 0. The lowest BCUT2D eigenvalue weighted by molar-refractivity contribution is -0.0425. The van der Waals surface area contributed by atoms with Crippen LogP contribution in [0.4, 0.5) is 0 Å². The summed E-state index contributed by atoms with van der Waals surface area (Å²) in [5.41, 5.74) is 3.13. The molecule has 4 rings (SSSR count). The standard InChI is InChI=1S/C21H33NO2/c1-13(22-24)17-6-7-18-16-5-4-14-12-15(23)8-10-20(14,2)19(16)9-11-21(17,18)3/h4,15-19,23-24H,5-12H2,1-3H3/b22-13+/t15-,16-,17+,18?,19?,20?,21+/m0/s1. The maximum atomic E-state index is 10.1. The predicted molar refractivity (Wildman–Crippen MR) is 96.1 cm³/mol. The maximum Gasteiger partial charge on any atom is 0.0577 e. The first-order valence-corrected chi connectivity index (χ1v) is 9.96. The van der Waals surface area contributed by atoms with Gasteiger partial charge in [-0.05, 0) is 86.9 Å². The van der Waals surface area contributed by atoms with Gasteiger partial charge < -0.3 is 10.3 Å². The van der Waals surface area contributed by atoms with Crippen LogP contribution in [0, 0.1) is 34.5 Å². The number of allylic oxidation sites excluding steroid dienone is 1. The summed E-state index contributed by atoms with van der Waals surface area (Å²) in [7, 11) is 0. The van der Waals surface area contributed by atoms with Crippen molar-refractivity contribution in [3.8, 4) is 0 Å². The van der Waals surface area contributed by atoms with Crippen LogP contribution >= 0.6 is 0 Å². The third-order valence-electron chi connectivity index (χ3n) is 8.74. The summed E-state index contributed by atoms with van der Waals surface area (Å²) in [6.45, 7) is 6.95. The average Bonchev–Trinajstić information content (AvgIpc) is 2.92. The number of rotatable bonds is 1. The Labute approximate surface area is 146 Å². The Hall–Kier alpha value is -0.830. The summed E-state index contributed by atoms with van der Waals surface area (Å²) in [6, 6.07) is 0. The van der Waals surface area contributed by atoms with E-state index in [-0.39, 0.29) is 6.10 Å². The highest BCUT2D eigenvalue weighted by Crippen LogP contribution is 2.66. The number of oxime groups is 1. The molecule has 0 saturated heterocycles. The molecule has 0 aromatic carbocycles. The van der Waals surface area contributed by atoms with Crippen molar-refractivity contribution in [2.45, 2.75) is 78.2 Å². The molecule has 3 saturated carbocycles. The van der Waals surface area contributed by atoms with Crippen molar-refractivity contribution in [1.82, 2.24) is 0 Å². The maximum absolute atomic E-state index is 10.1. The van der Waals surface area contributed by atoms with Gasteiger partial charge in [0.1, 0.15) is 0 Å². The molecule has 134 valence electrons. The summed E-state index contributed by atoms with van der Waals surface area (Å²) in [5.74, 6) is 2.79. The van der Waals surface area contributed by atoms with Gasteiger partial charge in [0, 0.05) is 5.92 Å². The van der Waals surface area contributed by atoms with Crippen molar-refractivity contribution >= 4 is 5.71 Å². The monoisotopic (exact) mass is 331 g/mol. The minimum atomic E-state index is -0.117. The van der Waals surface area contributed by atoms with Crippen LogP contribution in [0.3, 0.4) is 0 Å². The van der Waals surface area contributed by atoms with Gasteiger partial charge in [0.15, 0.2) is 0 Å². The zero-order valence-electron chi connectivity index (χ0n) is 15.5. The quantitative estimate of drug-likeness (QED) is 0.314. The van der Waals surface area contributed by atoms with Crippen LogP contribution in [0.15, 0.2) is 16.8 Å². The third kappa shape index (κ3) is 2.16. The molecule has 0 aromatic rings. The average molecular weight is 332 g/mol. The number of aliphatic hydroxyl groups is 1. The van der Waals surface area contributed by atoms with Gasteiger partial charge >= 0.3 is 0 Å². The second kappa shape index (κ2) is 5.59. The Morgan fingerprint density at radius 3 is 2.67 bits per heavy atom. The van der Waals surface area contributed by atoms with Crippen LogP contribution in [0.5, 0.6) is 0 Å². The molecular formula is C21H33NO2. The van der Waals surface area contributed by atoms with Crippen molar-refractivity contribution in [2.24, 2.45) is 39.7 Å². The van der Waals surface area contributed by atoms with E-state index >= 15 is 0 Å². The zero-order valence-corrected chi connectivity index (χ0v) is 15.5. The largest absolute Gasteiger partial charge is 0.411 e. The van der Waals surface area contributed by atoms with E-state index in [4.69, 9.17) is 0 Å². The molecule has 4 aliphatic carbocycles. The number of nitrogens with zero attached hydrogens (tertiary/aromatic N) is 1. The van der Waals surface area contributed by atoms with Gasteiger partial charge in [-0.1, -0.05) is 30.7 Å².